The zero-order chi connectivity index (χ0) is 24.7. The predicted molar refractivity (Wildman–Crippen MR) is 135 cm³/mol. The maximum absolute atomic E-state index is 13.1. The molecule has 7 nitrogen and oxygen atoms in total. The molecule has 0 bridgehead atoms. The summed E-state index contributed by atoms with van der Waals surface area (Å²) in [7, 11) is 1.30. The fourth-order valence-electron chi connectivity index (χ4n) is 3.61. The molecule has 3 rings (SSSR count). The molecular weight excluding hydrogens is 450 g/mol. The lowest BCUT2D eigenvalue weighted by atomic mass is 10.1. The molecule has 1 unspecified atom stereocenters. The number of carbonyl (C=O) groups excluding carboxylic acids is 1. The zero-order valence-electron chi connectivity index (χ0n) is 19.9. The molecule has 0 saturated carbocycles. The number of sulfonamides is 1. The number of rotatable bonds is 10. The van der Waals surface area contributed by atoms with E-state index in [1.807, 2.05) is 68.4 Å². The van der Waals surface area contributed by atoms with Crippen molar-refractivity contribution in [1.29, 1.82) is 0 Å². The maximum atomic E-state index is 13.1. The summed E-state index contributed by atoms with van der Waals surface area (Å²) in [6.07, 6.45) is 0.858. The Bertz CT molecular complexity index is 1210. The van der Waals surface area contributed by atoms with Gasteiger partial charge in [-0.05, 0) is 62.0 Å². The molecule has 0 aromatic heterocycles. The van der Waals surface area contributed by atoms with Crippen molar-refractivity contribution in [1.82, 2.24) is 10.2 Å². The smallest absolute Gasteiger partial charge is 0.265 e. The topological polar surface area (TPSA) is 87.7 Å². The number of aryl methyl sites for hydroxylation is 1. The molecule has 0 aliphatic carbocycles. The van der Waals surface area contributed by atoms with Crippen LogP contribution in [0.2, 0.25) is 0 Å². The van der Waals surface area contributed by atoms with Crippen LogP contribution in [-0.4, -0.2) is 47.0 Å². The molecule has 0 spiro atoms. The van der Waals surface area contributed by atoms with Crippen molar-refractivity contribution in [3.8, 4) is 5.75 Å². The van der Waals surface area contributed by atoms with E-state index >= 15 is 0 Å². The Morgan fingerprint density at radius 3 is 2.26 bits per heavy atom. The van der Waals surface area contributed by atoms with Crippen LogP contribution in [0, 0.1) is 0 Å². The largest absolute Gasteiger partial charge is 0.495 e. The molecule has 0 radical (unpaired) electrons. The number of hydrogen-bond donors (Lipinski definition) is 2. The van der Waals surface area contributed by atoms with Gasteiger partial charge in [-0.25, -0.2) is 8.42 Å². The van der Waals surface area contributed by atoms with Crippen molar-refractivity contribution in [3.05, 3.63) is 89.5 Å². The Balaban J connectivity index is 1.81. The van der Waals surface area contributed by atoms with Gasteiger partial charge in [-0.2, -0.15) is 0 Å². The molecule has 0 fully saturated rings. The van der Waals surface area contributed by atoms with Crippen LogP contribution in [0.4, 0.5) is 5.69 Å². The Morgan fingerprint density at radius 2 is 1.68 bits per heavy atom. The van der Waals surface area contributed by atoms with E-state index in [0.717, 1.165) is 17.5 Å². The van der Waals surface area contributed by atoms with E-state index < -0.39 is 10.0 Å². The summed E-state index contributed by atoms with van der Waals surface area (Å²) in [4.78, 5) is 14.8. The molecular formula is C26H31N3O4S. The highest BCUT2D eigenvalue weighted by atomic mass is 32.2. The first kappa shape index (κ1) is 25.3. The lowest BCUT2D eigenvalue weighted by Gasteiger charge is -2.25. The van der Waals surface area contributed by atoms with Crippen LogP contribution in [0.3, 0.4) is 0 Å². The van der Waals surface area contributed by atoms with E-state index in [0.29, 0.717) is 12.2 Å². The van der Waals surface area contributed by atoms with Gasteiger partial charge in [0.25, 0.3) is 15.9 Å². The van der Waals surface area contributed by atoms with E-state index in [-0.39, 0.29) is 28.2 Å². The van der Waals surface area contributed by atoms with Crippen molar-refractivity contribution in [2.24, 2.45) is 0 Å². The molecule has 8 heteroatoms. The number of ether oxygens (including phenoxy) is 1. The molecule has 1 atom stereocenters. The van der Waals surface area contributed by atoms with Gasteiger partial charge in [-0.1, -0.05) is 49.4 Å². The van der Waals surface area contributed by atoms with E-state index in [1.54, 1.807) is 18.2 Å². The molecule has 0 aliphatic rings. The highest BCUT2D eigenvalue weighted by Crippen LogP contribution is 2.27. The third-order valence-corrected chi connectivity index (χ3v) is 7.00. The van der Waals surface area contributed by atoms with E-state index in [1.165, 1.54) is 19.2 Å². The fourth-order valence-corrected chi connectivity index (χ4v) is 4.87. The number of nitrogens with one attached hydrogen (secondary N) is 2. The summed E-state index contributed by atoms with van der Waals surface area (Å²) in [5, 5.41) is 2.92. The van der Waals surface area contributed by atoms with Gasteiger partial charge >= 0.3 is 0 Å². The Kier molecular flexibility index (Phi) is 8.31. The molecule has 1 amide bonds. The number of amides is 1. The summed E-state index contributed by atoms with van der Waals surface area (Å²) in [6.45, 7) is 2.40. The van der Waals surface area contributed by atoms with Crippen molar-refractivity contribution in [2.45, 2.75) is 24.3 Å². The summed E-state index contributed by atoms with van der Waals surface area (Å²) < 4.78 is 34.1. The van der Waals surface area contributed by atoms with Crippen LogP contribution in [-0.2, 0) is 16.4 Å². The minimum Gasteiger partial charge on any atom is -0.495 e. The van der Waals surface area contributed by atoms with Crippen molar-refractivity contribution in [3.63, 3.8) is 0 Å². The summed E-state index contributed by atoms with van der Waals surface area (Å²) in [5.74, 6) is -0.209. The Morgan fingerprint density at radius 1 is 1.00 bits per heavy atom. The van der Waals surface area contributed by atoms with Gasteiger partial charge in [0.1, 0.15) is 10.6 Å². The van der Waals surface area contributed by atoms with Crippen LogP contribution in [0.1, 0.15) is 34.5 Å². The van der Waals surface area contributed by atoms with E-state index in [9.17, 15) is 13.2 Å². The minimum atomic E-state index is -3.98. The normalized spacial score (nSPS) is 12.3. The van der Waals surface area contributed by atoms with E-state index in [4.69, 9.17) is 4.74 Å². The number of benzene rings is 3. The van der Waals surface area contributed by atoms with Crippen molar-refractivity contribution >= 4 is 21.6 Å². The van der Waals surface area contributed by atoms with Gasteiger partial charge in [-0.3, -0.25) is 9.52 Å². The number of nitrogens with zero attached hydrogens (tertiary/aromatic N) is 1. The number of methoxy groups -OCH3 is 1. The number of anilines is 1. The maximum Gasteiger partial charge on any atom is 0.265 e. The molecule has 2 N–H and O–H groups in total. The standard InChI is InChI=1S/C26H31N3O4S/c1-5-19-11-14-22(15-12-19)28-34(31,32)25-17-21(13-16-24(25)33-4)26(30)27-18-23(29(2)3)20-9-7-6-8-10-20/h6-17,23,28H,5,18H2,1-4H3,(H,27,30). The average molecular weight is 482 g/mol. The summed E-state index contributed by atoms with van der Waals surface area (Å²) in [6, 6.07) is 21.4. The first-order valence-corrected chi connectivity index (χ1v) is 12.5. The van der Waals surface area contributed by atoms with Gasteiger partial charge in [-0.15, -0.1) is 0 Å². The van der Waals surface area contributed by atoms with Crippen LogP contribution < -0.4 is 14.8 Å². The average Bonchev–Trinajstić information content (AvgIpc) is 2.84. The van der Waals surface area contributed by atoms with Crippen LogP contribution in [0.25, 0.3) is 0 Å². The second kappa shape index (κ2) is 11.2. The molecule has 34 heavy (non-hydrogen) atoms. The lowest BCUT2D eigenvalue weighted by molar-refractivity contribution is 0.0941. The molecule has 180 valence electrons. The highest BCUT2D eigenvalue weighted by molar-refractivity contribution is 7.92. The molecule has 3 aromatic carbocycles. The molecule has 3 aromatic rings. The quantitative estimate of drug-likeness (QED) is 0.455. The first-order chi connectivity index (χ1) is 16.2. The summed E-state index contributed by atoms with van der Waals surface area (Å²) >= 11 is 0. The third-order valence-electron chi connectivity index (χ3n) is 5.59. The second-order valence-electron chi connectivity index (χ2n) is 8.12. The van der Waals surface area contributed by atoms with Crippen LogP contribution in [0.15, 0.2) is 77.7 Å². The van der Waals surface area contributed by atoms with Crippen molar-refractivity contribution < 1.29 is 17.9 Å². The van der Waals surface area contributed by atoms with Gasteiger partial charge in [0.15, 0.2) is 0 Å². The minimum absolute atomic E-state index is 0.0284. The van der Waals surface area contributed by atoms with Crippen molar-refractivity contribution in [2.75, 3.05) is 32.5 Å². The van der Waals surface area contributed by atoms with Gasteiger partial charge in [0.05, 0.1) is 13.2 Å². The van der Waals surface area contributed by atoms with E-state index in [2.05, 4.69) is 10.0 Å². The lowest BCUT2D eigenvalue weighted by Crippen LogP contribution is -2.34. The molecule has 0 saturated heterocycles. The van der Waals surface area contributed by atoms with Crippen LogP contribution >= 0.6 is 0 Å². The Hall–Kier alpha value is -3.36. The van der Waals surface area contributed by atoms with Crippen LogP contribution in [0.5, 0.6) is 5.75 Å². The first-order valence-electron chi connectivity index (χ1n) is 11.0. The monoisotopic (exact) mass is 481 g/mol. The molecule has 0 heterocycles. The summed E-state index contributed by atoms with van der Waals surface area (Å²) in [5.41, 5.74) is 2.84. The fraction of sp³-hybridized carbons (Fsp3) is 0.269. The zero-order valence-corrected chi connectivity index (χ0v) is 20.7. The highest BCUT2D eigenvalue weighted by Gasteiger charge is 2.23. The number of likely N-dealkylation sites (N-methyl/N-ethyl adjacent to an activating group) is 1. The Labute approximate surface area is 201 Å². The van der Waals surface area contributed by atoms with Gasteiger partial charge < -0.3 is 15.0 Å². The van der Waals surface area contributed by atoms with Gasteiger partial charge in [0, 0.05) is 17.8 Å². The third kappa shape index (κ3) is 6.15. The number of carbonyl (C=O) groups is 1. The molecule has 0 aliphatic heterocycles. The number of hydrogen-bond acceptors (Lipinski definition) is 5. The van der Waals surface area contributed by atoms with Gasteiger partial charge in [0.2, 0.25) is 0 Å². The second-order valence-corrected chi connectivity index (χ2v) is 9.77. The SMILES string of the molecule is CCc1ccc(NS(=O)(=O)c2cc(C(=O)NCC(c3ccccc3)N(C)C)ccc2OC)cc1. The predicted octanol–water partition coefficient (Wildman–Crippen LogP) is 4.09.